The van der Waals surface area contributed by atoms with Gasteiger partial charge in [0.05, 0.1) is 5.22 Å². The summed E-state index contributed by atoms with van der Waals surface area (Å²) in [5.74, 6) is 0.601. The molecule has 3 heteroatoms. The van der Waals surface area contributed by atoms with Crippen molar-refractivity contribution < 1.29 is 4.43 Å². The molecule has 0 heterocycles. The van der Waals surface area contributed by atoms with Crippen molar-refractivity contribution in [2.24, 2.45) is 5.92 Å². The molecule has 1 saturated carbocycles. The van der Waals surface area contributed by atoms with Crippen LogP contribution in [0.4, 0.5) is 0 Å². The van der Waals surface area contributed by atoms with Gasteiger partial charge in [0.15, 0.2) is 0 Å². The van der Waals surface area contributed by atoms with Crippen LogP contribution < -0.4 is 10.4 Å². The summed E-state index contributed by atoms with van der Waals surface area (Å²) < 4.78 is 7.77. The van der Waals surface area contributed by atoms with Crippen molar-refractivity contribution in [1.82, 2.24) is 0 Å². The molecule has 1 atom stereocenters. The van der Waals surface area contributed by atoms with Crippen molar-refractivity contribution in [3.63, 3.8) is 0 Å². The van der Waals surface area contributed by atoms with Gasteiger partial charge >= 0.3 is 0 Å². The molecule has 0 radical (unpaired) electrons. The average molecular weight is 473 g/mol. The lowest BCUT2D eigenvalue weighted by atomic mass is 9.82. The smallest absolute Gasteiger partial charge is 0.218 e. The molecule has 3 aromatic carbocycles. The molecule has 4 rings (SSSR count). The van der Waals surface area contributed by atoms with Gasteiger partial charge in [-0.05, 0) is 49.0 Å². The van der Waals surface area contributed by atoms with E-state index in [0.717, 1.165) is 6.42 Å². The maximum absolute atomic E-state index is 7.77. The highest BCUT2D eigenvalue weighted by Gasteiger charge is 2.56. The zero-order chi connectivity index (χ0) is 23.4. The third-order valence-corrected chi connectivity index (χ3v) is 15.4. The van der Waals surface area contributed by atoms with Crippen molar-refractivity contribution in [3.05, 3.63) is 96.6 Å². The van der Waals surface area contributed by atoms with Crippen LogP contribution in [0.25, 0.3) is 0 Å². The summed E-state index contributed by atoms with van der Waals surface area (Å²) >= 11 is 0. The molecule has 1 aliphatic carbocycles. The lowest BCUT2D eigenvalue weighted by Gasteiger charge is -2.55. The van der Waals surface area contributed by atoms with Crippen LogP contribution in [0.5, 0.6) is 0 Å². The first-order valence-corrected chi connectivity index (χ1v) is 18.6. The Kier molecular flexibility index (Phi) is 7.42. The van der Waals surface area contributed by atoms with Crippen LogP contribution in [0.15, 0.2) is 91.0 Å². The Morgan fingerprint density at radius 2 is 1.15 bits per heavy atom. The van der Waals surface area contributed by atoms with Crippen LogP contribution >= 0.6 is 0 Å². The van der Waals surface area contributed by atoms with E-state index in [1.807, 2.05) is 0 Å². The van der Waals surface area contributed by atoms with E-state index in [0.29, 0.717) is 5.92 Å². The van der Waals surface area contributed by atoms with Gasteiger partial charge in [0.2, 0.25) is 8.32 Å². The van der Waals surface area contributed by atoms with Gasteiger partial charge in [-0.15, -0.1) is 0 Å². The normalized spacial score (nSPS) is 17.5. The predicted octanol–water partition coefficient (Wildman–Crippen LogP) is 6.83. The first-order chi connectivity index (χ1) is 15.9. The molecule has 1 fully saturated rings. The van der Waals surface area contributed by atoms with E-state index in [1.54, 1.807) is 0 Å². The highest BCUT2D eigenvalue weighted by Crippen LogP contribution is 2.44. The fourth-order valence-corrected chi connectivity index (χ4v) is 13.6. The van der Waals surface area contributed by atoms with Crippen LogP contribution in [0.2, 0.25) is 26.2 Å². The Bertz CT molecular complexity index is 995. The fourth-order valence-electron chi connectivity index (χ4n) is 6.04. The molecule has 0 bridgehead atoms. The zero-order valence-electron chi connectivity index (χ0n) is 20.9. The summed E-state index contributed by atoms with van der Waals surface area (Å²) in [5.41, 5.74) is 1.41. The van der Waals surface area contributed by atoms with Crippen molar-refractivity contribution in [3.8, 4) is 0 Å². The second-order valence-electron chi connectivity index (χ2n) is 10.9. The predicted molar refractivity (Wildman–Crippen MR) is 148 cm³/mol. The molecule has 0 spiro atoms. The van der Waals surface area contributed by atoms with E-state index in [1.165, 1.54) is 48.0 Å². The Morgan fingerprint density at radius 1 is 0.667 bits per heavy atom. The summed E-state index contributed by atoms with van der Waals surface area (Å²) in [7, 11) is -4.22. The molecular formula is C30H40OSi2. The first kappa shape index (κ1) is 24.2. The number of rotatable bonds is 8. The third kappa shape index (κ3) is 5.11. The van der Waals surface area contributed by atoms with Crippen molar-refractivity contribution in [2.45, 2.75) is 69.9 Å². The molecule has 0 aromatic heterocycles. The van der Waals surface area contributed by atoms with Crippen LogP contribution in [-0.2, 0) is 10.8 Å². The minimum atomic E-state index is -2.16. The van der Waals surface area contributed by atoms with Crippen LogP contribution in [0, 0.1) is 5.92 Å². The van der Waals surface area contributed by atoms with Crippen molar-refractivity contribution in [2.75, 3.05) is 0 Å². The monoisotopic (exact) mass is 472 g/mol. The average Bonchev–Trinajstić information content (AvgIpc) is 2.85. The van der Waals surface area contributed by atoms with Crippen molar-refractivity contribution >= 4 is 26.8 Å². The van der Waals surface area contributed by atoms with E-state index in [-0.39, 0.29) is 5.22 Å². The summed E-state index contributed by atoms with van der Waals surface area (Å²) in [4.78, 5) is 0. The van der Waals surface area contributed by atoms with E-state index in [2.05, 4.69) is 117 Å². The van der Waals surface area contributed by atoms with E-state index >= 15 is 0 Å². The van der Waals surface area contributed by atoms with Gasteiger partial charge in [0.1, 0.15) is 8.07 Å². The number of hydrogen-bond acceptors (Lipinski definition) is 1. The Labute approximate surface area is 203 Å². The van der Waals surface area contributed by atoms with E-state index in [9.17, 15) is 0 Å². The van der Waals surface area contributed by atoms with Crippen LogP contribution in [-0.4, -0.2) is 21.6 Å². The third-order valence-electron chi connectivity index (χ3n) is 8.03. The van der Waals surface area contributed by atoms with E-state index in [4.69, 9.17) is 4.43 Å². The SMILES string of the molecule is C[Si](C)(OC(Cc1ccccc1)(C1CCCCC1)[Si](C)(C)c1ccccc1)c1ccccc1. The quantitative estimate of drug-likeness (QED) is 0.326. The molecule has 1 nitrogen and oxygen atoms in total. The lowest BCUT2D eigenvalue weighted by Crippen LogP contribution is -2.72. The highest BCUT2D eigenvalue weighted by atomic mass is 28.4. The summed E-state index contributed by atoms with van der Waals surface area (Å²) in [5, 5.41) is 2.78. The second kappa shape index (κ2) is 10.1. The summed E-state index contributed by atoms with van der Waals surface area (Å²) in [6, 6.07) is 33.5. The number of benzene rings is 3. The van der Waals surface area contributed by atoms with Gasteiger partial charge < -0.3 is 4.43 Å². The Balaban J connectivity index is 1.89. The summed E-state index contributed by atoms with van der Waals surface area (Å²) in [6.45, 7) is 9.99. The minimum Gasteiger partial charge on any atom is -0.409 e. The highest BCUT2D eigenvalue weighted by molar-refractivity contribution is 6.93. The standard InChI is InChI=1S/C30H40OSi2/c1-32(2,28-21-13-7-14-22-28)30(27-19-11-6-12-20-27,25-26-17-9-5-10-18-26)31-33(3,4)29-23-15-8-16-24-29/h5,7-10,13-18,21-24,27H,6,11-12,19-20,25H2,1-4H3. The van der Waals surface area contributed by atoms with Gasteiger partial charge in [0.25, 0.3) is 0 Å². The summed E-state index contributed by atoms with van der Waals surface area (Å²) in [6.07, 6.45) is 7.61. The second-order valence-corrected chi connectivity index (χ2v) is 19.3. The van der Waals surface area contributed by atoms with Gasteiger partial charge in [-0.1, -0.05) is 129 Å². The molecule has 0 saturated heterocycles. The molecule has 1 aliphatic rings. The molecule has 0 amide bonds. The lowest BCUT2D eigenvalue weighted by molar-refractivity contribution is 0.0520. The maximum Gasteiger partial charge on any atom is 0.218 e. The van der Waals surface area contributed by atoms with Gasteiger partial charge in [0, 0.05) is 0 Å². The molecule has 174 valence electrons. The Hall–Kier alpha value is -1.95. The van der Waals surface area contributed by atoms with Crippen LogP contribution in [0.1, 0.15) is 37.7 Å². The molecule has 0 N–H and O–H groups in total. The molecular weight excluding hydrogens is 433 g/mol. The van der Waals surface area contributed by atoms with Crippen LogP contribution in [0.3, 0.4) is 0 Å². The molecule has 1 unspecified atom stereocenters. The topological polar surface area (TPSA) is 9.23 Å². The fraction of sp³-hybridized carbons (Fsp3) is 0.400. The minimum absolute atomic E-state index is 0.137. The first-order valence-electron chi connectivity index (χ1n) is 12.7. The van der Waals surface area contributed by atoms with Gasteiger partial charge in [-0.3, -0.25) is 0 Å². The largest absolute Gasteiger partial charge is 0.409 e. The molecule has 33 heavy (non-hydrogen) atoms. The Morgan fingerprint density at radius 3 is 1.70 bits per heavy atom. The van der Waals surface area contributed by atoms with E-state index < -0.39 is 16.4 Å². The zero-order valence-corrected chi connectivity index (χ0v) is 22.9. The molecule has 3 aromatic rings. The van der Waals surface area contributed by atoms with Gasteiger partial charge in [-0.25, -0.2) is 0 Å². The van der Waals surface area contributed by atoms with Crippen molar-refractivity contribution in [1.29, 1.82) is 0 Å². The number of hydrogen-bond donors (Lipinski definition) is 0. The van der Waals surface area contributed by atoms with Gasteiger partial charge in [-0.2, -0.15) is 0 Å². The maximum atomic E-state index is 7.77. The molecule has 0 aliphatic heterocycles.